The summed E-state index contributed by atoms with van der Waals surface area (Å²) < 4.78 is 17.3. The number of likely N-dealkylation sites (N-methyl/N-ethyl adjacent to an activating group) is 1. The average molecular weight is 449 g/mol. The van der Waals surface area contributed by atoms with E-state index in [1.54, 1.807) is 6.33 Å². The van der Waals surface area contributed by atoms with Gasteiger partial charge in [0.05, 0.1) is 17.7 Å². The zero-order valence-corrected chi connectivity index (χ0v) is 19.3. The second-order valence-corrected chi connectivity index (χ2v) is 8.86. The van der Waals surface area contributed by atoms with Crippen molar-refractivity contribution in [3.63, 3.8) is 0 Å². The Kier molecular flexibility index (Phi) is 5.82. The van der Waals surface area contributed by atoms with Crippen LogP contribution in [0.5, 0.6) is 0 Å². The highest BCUT2D eigenvalue weighted by molar-refractivity contribution is 5.60. The van der Waals surface area contributed by atoms with Crippen molar-refractivity contribution >= 4 is 17.3 Å². The molecular weight excluding hydrogens is 419 g/mol. The maximum absolute atomic E-state index is 13.4. The molecule has 3 aromatic heterocycles. The molecular formula is C24H29FN8. The molecule has 1 N–H and O–H groups in total. The summed E-state index contributed by atoms with van der Waals surface area (Å²) in [6.07, 6.45) is 4.33. The molecule has 1 fully saturated rings. The first-order valence-electron chi connectivity index (χ1n) is 11.2. The van der Waals surface area contributed by atoms with Crippen molar-refractivity contribution < 1.29 is 4.39 Å². The van der Waals surface area contributed by atoms with Crippen molar-refractivity contribution in [1.29, 1.82) is 0 Å². The number of hydrogen-bond acceptors (Lipinski definition) is 6. The third kappa shape index (κ3) is 4.74. The number of benzene rings is 1. The summed E-state index contributed by atoms with van der Waals surface area (Å²) in [4.78, 5) is 14.1. The van der Waals surface area contributed by atoms with Gasteiger partial charge in [0.2, 0.25) is 0 Å². The minimum atomic E-state index is -0.232. The van der Waals surface area contributed by atoms with Gasteiger partial charge in [-0.1, -0.05) is 12.1 Å². The van der Waals surface area contributed by atoms with E-state index in [0.717, 1.165) is 72.5 Å². The first-order chi connectivity index (χ1) is 15.9. The van der Waals surface area contributed by atoms with Crippen molar-refractivity contribution in [3.8, 4) is 0 Å². The van der Waals surface area contributed by atoms with E-state index in [9.17, 15) is 4.39 Å². The standard InChI is InChI=1S/C24H29FN8/c1-17-21(12-18-4-6-19(25)7-5-18)24-28-22(27-23-15-31(3)16-26-23)13-20(33(24)29-17)14-32-10-8-30(2)9-11-32/h4-7,13,15-16H,8-12,14H2,1-3H3,(H,27,28). The van der Waals surface area contributed by atoms with Crippen LogP contribution < -0.4 is 5.32 Å². The van der Waals surface area contributed by atoms with E-state index in [1.807, 2.05) is 41.4 Å². The molecule has 9 heteroatoms. The third-order valence-corrected chi connectivity index (χ3v) is 6.20. The second-order valence-electron chi connectivity index (χ2n) is 8.86. The predicted molar refractivity (Wildman–Crippen MR) is 126 cm³/mol. The Hall–Kier alpha value is -3.30. The molecule has 172 valence electrons. The van der Waals surface area contributed by atoms with Crippen LogP contribution in [-0.4, -0.2) is 67.2 Å². The number of piperazine rings is 1. The molecule has 0 aliphatic carbocycles. The minimum Gasteiger partial charge on any atom is -0.338 e. The smallest absolute Gasteiger partial charge is 0.161 e. The summed E-state index contributed by atoms with van der Waals surface area (Å²) >= 11 is 0. The Balaban J connectivity index is 1.54. The lowest BCUT2D eigenvalue weighted by molar-refractivity contribution is 0.146. The van der Waals surface area contributed by atoms with E-state index >= 15 is 0 Å². The van der Waals surface area contributed by atoms with Crippen LogP contribution in [0.25, 0.3) is 5.65 Å². The molecule has 1 aliphatic rings. The maximum Gasteiger partial charge on any atom is 0.161 e. The van der Waals surface area contributed by atoms with E-state index in [1.165, 1.54) is 12.1 Å². The number of nitrogens with one attached hydrogen (secondary N) is 1. The van der Waals surface area contributed by atoms with Gasteiger partial charge in [-0.05, 0) is 31.7 Å². The van der Waals surface area contributed by atoms with Gasteiger partial charge in [0.1, 0.15) is 17.5 Å². The summed E-state index contributed by atoms with van der Waals surface area (Å²) in [5, 5.41) is 8.20. The lowest BCUT2D eigenvalue weighted by atomic mass is 10.1. The highest BCUT2D eigenvalue weighted by Crippen LogP contribution is 2.24. The summed E-state index contributed by atoms with van der Waals surface area (Å²) in [6.45, 7) is 6.96. The minimum absolute atomic E-state index is 0.232. The van der Waals surface area contributed by atoms with Gasteiger partial charge in [-0.2, -0.15) is 5.10 Å². The Bertz CT molecular complexity index is 1250. The molecule has 8 nitrogen and oxygen atoms in total. The molecule has 0 amide bonds. The maximum atomic E-state index is 13.4. The molecule has 1 aliphatic heterocycles. The van der Waals surface area contributed by atoms with Gasteiger partial charge in [-0.25, -0.2) is 18.9 Å². The highest BCUT2D eigenvalue weighted by atomic mass is 19.1. The van der Waals surface area contributed by atoms with Crippen molar-refractivity contribution in [2.45, 2.75) is 19.9 Å². The fraction of sp³-hybridized carbons (Fsp3) is 0.375. The van der Waals surface area contributed by atoms with Gasteiger partial charge in [-0.15, -0.1) is 0 Å². The van der Waals surface area contributed by atoms with E-state index in [2.05, 4.69) is 33.2 Å². The van der Waals surface area contributed by atoms with Crippen LogP contribution >= 0.6 is 0 Å². The number of nitrogens with zero attached hydrogens (tertiary/aromatic N) is 7. The molecule has 0 spiro atoms. The Morgan fingerprint density at radius 1 is 1.03 bits per heavy atom. The monoisotopic (exact) mass is 448 g/mol. The number of anilines is 2. The van der Waals surface area contributed by atoms with Crippen LogP contribution in [0.4, 0.5) is 16.0 Å². The number of aromatic nitrogens is 5. The summed E-state index contributed by atoms with van der Waals surface area (Å²) in [5.41, 5.74) is 4.91. The van der Waals surface area contributed by atoms with Crippen LogP contribution in [-0.2, 0) is 20.0 Å². The lowest BCUT2D eigenvalue weighted by Gasteiger charge is -2.32. The molecule has 0 radical (unpaired) electrons. The second kappa shape index (κ2) is 8.92. The summed E-state index contributed by atoms with van der Waals surface area (Å²) in [6, 6.07) is 8.69. The van der Waals surface area contributed by atoms with Crippen molar-refractivity contribution in [2.75, 3.05) is 38.5 Å². The number of hydrogen-bond donors (Lipinski definition) is 1. The predicted octanol–water partition coefficient (Wildman–Crippen LogP) is 2.99. The molecule has 0 unspecified atom stereocenters. The van der Waals surface area contributed by atoms with E-state index < -0.39 is 0 Å². The molecule has 4 heterocycles. The highest BCUT2D eigenvalue weighted by Gasteiger charge is 2.20. The number of aryl methyl sites for hydroxylation is 2. The fourth-order valence-electron chi connectivity index (χ4n) is 4.26. The van der Waals surface area contributed by atoms with Gasteiger partial charge in [0.15, 0.2) is 5.65 Å². The van der Waals surface area contributed by atoms with Crippen LogP contribution in [0.3, 0.4) is 0 Å². The zero-order chi connectivity index (χ0) is 22.9. The van der Waals surface area contributed by atoms with Gasteiger partial charge >= 0.3 is 0 Å². The van der Waals surface area contributed by atoms with Gasteiger partial charge < -0.3 is 14.8 Å². The van der Waals surface area contributed by atoms with E-state index in [-0.39, 0.29) is 5.82 Å². The van der Waals surface area contributed by atoms with Gasteiger partial charge in [0.25, 0.3) is 0 Å². The topological polar surface area (TPSA) is 66.5 Å². The van der Waals surface area contributed by atoms with Crippen LogP contribution in [0.2, 0.25) is 0 Å². The van der Waals surface area contributed by atoms with Crippen LogP contribution in [0, 0.1) is 12.7 Å². The third-order valence-electron chi connectivity index (χ3n) is 6.20. The Morgan fingerprint density at radius 3 is 2.48 bits per heavy atom. The number of rotatable bonds is 6. The van der Waals surface area contributed by atoms with Gasteiger partial charge in [-0.3, -0.25) is 4.90 Å². The fourth-order valence-corrected chi connectivity index (χ4v) is 4.26. The summed E-state index contributed by atoms with van der Waals surface area (Å²) in [7, 11) is 4.10. The van der Waals surface area contributed by atoms with E-state index in [4.69, 9.17) is 10.1 Å². The Morgan fingerprint density at radius 2 is 1.79 bits per heavy atom. The summed E-state index contributed by atoms with van der Waals surface area (Å²) in [5.74, 6) is 1.26. The number of imidazole rings is 1. The quantitative estimate of drug-likeness (QED) is 0.489. The molecule has 0 bridgehead atoms. The number of fused-ring (bicyclic) bond motifs is 1. The zero-order valence-electron chi connectivity index (χ0n) is 19.3. The first-order valence-corrected chi connectivity index (χ1v) is 11.2. The molecule has 0 saturated carbocycles. The molecule has 33 heavy (non-hydrogen) atoms. The molecule has 0 atom stereocenters. The molecule has 1 aromatic carbocycles. The molecule has 5 rings (SSSR count). The Labute approximate surface area is 192 Å². The normalized spacial score (nSPS) is 15.4. The van der Waals surface area contributed by atoms with Crippen molar-refractivity contribution in [1.82, 2.24) is 33.9 Å². The SMILES string of the molecule is Cc1nn2c(CN3CCN(C)CC3)cc(Nc3cn(C)cn3)nc2c1Cc1ccc(F)cc1. The van der Waals surface area contributed by atoms with Crippen molar-refractivity contribution in [3.05, 3.63) is 71.2 Å². The first kappa shape index (κ1) is 21.5. The van der Waals surface area contributed by atoms with Crippen molar-refractivity contribution in [2.24, 2.45) is 7.05 Å². The number of halogens is 1. The van der Waals surface area contributed by atoms with Gasteiger partial charge in [0, 0.05) is 64.0 Å². The van der Waals surface area contributed by atoms with E-state index in [0.29, 0.717) is 6.42 Å². The van der Waals surface area contributed by atoms with Crippen LogP contribution in [0.15, 0.2) is 42.9 Å². The lowest BCUT2D eigenvalue weighted by Crippen LogP contribution is -2.44. The molecule has 1 saturated heterocycles. The van der Waals surface area contributed by atoms with Crippen LogP contribution in [0.1, 0.15) is 22.5 Å². The average Bonchev–Trinajstić information content (AvgIpc) is 3.34. The largest absolute Gasteiger partial charge is 0.338 e. The molecule has 4 aromatic rings.